The van der Waals surface area contributed by atoms with Crippen molar-refractivity contribution in [1.29, 1.82) is 0 Å². The lowest BCUT2D eigenvalue weighted by Crippen LogP contribution is -2.30. The van der Waals surface area contributed by atoms with Crippen molar-refractivity contribution in [2.75, 3.05) is 0 Å². The Labute approximate surface area is 131 Å². The molecule has 0 N–H and O–H groups in total. The van der Waals surface area contributed by atoms with Gasteiger partial charge in [-0.25, -0.2) is 4.79 Å². The van der Waals surface area contributed by atoms with Gasteiger partial charge in [-0.05, 0) is 24.6 Å². The van der Waals surface area contributed by atoms with Crippen molar-refractivity contribution >= 4 is 32.5 Å². The number of aromatic nitrogens is 1. The minimum atomic E-state index is -0.279. The van der Waals surface area contributed by atoms with E-state index < -0.39 is 0 Å². The van der Waals surface area contributed by atoms with E-state index >= 15 is 0 Å². The summed E-state index contributed by atoms with van der Waals surface area (Å²) in [7, 11) is 1.99. The molecule has 4 rings (SSSR count). The fourth-order valence-corrected chi connectivity index (χ4v) is 4.11. The number of thiazole rings is 1. The molecule has 0 saturated carbocycles. The summed E-state index contributed by atoms with van der Waals surface area (Å²) in [5.74, 6) is 0. The molecule has 3 nitrogen and oxygen atoms in total. The van der Waals surface area contributed by atoms with Gasteiger partial charge in [0.15, 0.2) is 0 Å². The van der Waals surface area contributed by atoms with E-state index in [1.165, 1.54) is 0 Å². The summed E-state index contributed by atoms with van der Waals surface area (Å²) in [4.78, 5) is 12.5. The predicted octanol–water partition coefficient (Wildman–Crippen LogP) is 3.81. The van der Waals surface area contributed by atoms with Crippen LogP contribution in [0.1, 0.15) is 5.56 Å². The molecule has 0 unspecified atom stereocenters. The molecular weight excluding hydrogens is 294 g/mol. The van der Waals surface area contributed by atoms with Crippen LogP contribution in [0.4, 0.5) is 0 Å². The van der Waals surface area contributed by atoms with Gasteiger partial charge in [0, 0.05) is 11.5 Å². The summed E-state index contributed by atoms with van der Waals surface area (Å²) in [6, 6.07) is 15.8. The third-order valence-corrected chi connectivity index (χ3v) is 5.26. The lowest BCUT2D eigenvalue weighted by molar-refractivity contribution is -0.629. The Morgan fingerprint density at radius 2 is 1.77 bits per heavy atom. The van der Waals surface area contributed by atoms with Crippen LogP contribution in [-0.2, 0) is 7.05 Å². The van der Waals surface area contributed by atoms with Gasteiger partial charge in [0.05, 0.1) is 0 Å². The normalized spacial score (nSPS) is 11.4. The Morgan fingerprint density at radius 3 is 2.59 bits per heavy atom. The second-order valence-electron chi connectivity index (χ2n) is 5.32. The Kier molecular flexibility index (Phi) is 2.87. The smallest absolute Gasteiger partial charge is 0.351 e. The van der Waals surface area contributed by atoms with E-state index in [2.05, 4.69) is 16.7 Å². The number of aryl methyl sites for hydroxylation is 2. The summed E-state index contributed by atoms with van der Waals surface area (Å²) in [5, 5.41) is 1.91. The second kappa shape index (κ2) is 4.78. The summed E-state index contributed by atoms with van der Waals surface area (Å²) >= 11 is 1.62. The number of hydrogen-bond donors (Lipinski definition) is 0. The molecular formula is C18H14NO2S+. The SMILES string of the molecule is Cc1c(-c2sc3ccccc3[n+]2C)c(=O)oc2ccccc12. The highest BCUT2D eigenvalue weighted by Gasteiger charge is 2.25. The third kappa shape index (κ3) is 1.81. The Balaban J connectivity index is 2.12. The van der Waals surface area contributed by atoms with Crippen molar-refractivity contribution in [2.45, 2.75) is 6.92 Å². The number of nitrogens with zero attached hydrogens (tertiary/aromatic N) is 1. The number of rotatable bonds is 1. The van der Waals surface area contributed by atoms with Crippen LogP contribution < -0.4 is 10.2 Å². The summed E-state index contributed by atoms with van der Waals surface area (Å²) < 4.78 is 8.74. The fourth-order valence-electron chi connectivity index (χ4n) is 2.87. The zero-order valence-corrected chi connectivity index (χ0v) is 13.1. The highest BCUT2D eigenvalue weighted by Crippen LogP contribution is 2.31. The molecule has 0 aliphatic heterocycles. The lowest BCUT2D eigenvalue weighted by atomic mass is 10.1. The summed E-state index contributed by atoms with van der Waals surface area (Å²) in [5.41, 5.74) is 3.10. The first-order valence-electron chi connectivity index (χ1n) is 7.07. The first-order valence-corrected chi connectivity index (χ1v) is 7.89. The number of benzene rings is 2. The van der Waals surface area contributed by atoms with Crippen LogP contribution >= 0.6 is 11.3 Å². The van der Waals surface area contributed by atoms with Gasteiger partial charge in [0.25, 0.3) is 5.01 Å². The van der Waals surface area contributed by atoms with Gasteiger partial charge < -0.3 is 4.42 Å². The average Bonchev–Trinajstić information content (AvgIpc) is 2.85. The lowest BCUT2D eigenvalue weighted by Gasteiger charge is -2.03. The minimum Gasteiger partial charge on any atom is -0.422 e. The van der Waals surface area contributed by atoms with Gasteiger partial charge in [0.1, 0.15) is 22.9 Å². The average molecular weight is 308 g/mol. The third-order valence-electron chi connectivity index (χ3n) is 4.02. The van der Waals surface area contributed by atoms with Crippen molar-refractivity contribution in [1.82, 2.24) is 0 Å². The van der Waals surface area contributed by atoms with E-state index in [-0.39, 0.29) is 5.63 Å². The molecule has 0 spiro atoms. The molecule has 0 amide bonds. The quantitative estimate of drug-likeness (QED) is 0.396. The van der Waals surface area contributed by atoms with E-state index in [1.54, 1.807) is 11.3 Å². The van der Waals surface area contributed by atoms with Gasteiger partial charge >= 0.3 is 5.63 Å². The van der Waals surface area contributed by atoms with Crippen molar-refractivity contribution in [3.8, 4) is 10.6 Å². The van der Waals surface area contributed by atoms with E-state index in [9.17, 15) is 4.79 Å². The van der Waals surface area contributed by atoms with Crippen molar-refractivity contribution in [3.05, 3.63) is 64.5 Å². The Morgan fingerprint density at radius 1 is 1.05 bits per heavy atom. The van der Waals surface area contributed by atoms with Gasteiger partial charge in [-0.15, -0.1) is 0 Å². The van der Waals surface area contributed by atoms with E-state index in [0.29, 0.717) is 11.1 Å². The molecule has 4 heteroatoms. The molecule has 108 valence electrons. The van der Waals surface area contributed by atoms with Crippen LogP contribution in [0.2, 0.25) is 0 Å². The van der Waals surface area contributed by atoms with Gasteiger partial charge in [-0.2, -0.15) is 4.57 Å². The first-order chi connectivity index (χ1) is 10.7. The Bertz CT molecular complexity index is 1080. The van der Waals surface area contributed by atoms with Crippen LogP contribution in [0.5, 0.6) is 0 Å². The maximum Gasteiger partial charge on any atom is 0.351 e. The van der Waals surface area contributed by atoms with Gasteiger partial charge in [-0.1, -0.05) is 41.7 Å². The van der Waals surface area contributed by atoms with Crippen LogP contribution in [0.3, 0.4) is 0 Å². The van der Waals surface area contributed by atoms with Gasteiger partial charge in [0.2, 0.25) is 5.52 Å². The molecule has 22 heavy (non-hydrogen) atoms. The van der Waals surface area contributed by atoms with Crippen LogP contribution in [-0.4, -0.2) is 0 Å². The number of fused-ring (bicyclic) bond motifs is 2. The van der Waals surface area contributed by atoms with Crippen LogP contribution in [0.15, 0.2) is 57.7 Å². The number of hydrogen-bond acceptors (Lipinski definition) is 3. The molecule has 2 aromatic heterocycles. The predicted molar refractivity (Wildman–Crippen MR) is 89.2 cm³/mol. The van der Waals surface area contributed by atoms with E-state index in [1.807, 2.05) is 50.4 Å². The Hall–Kier alpha value is -2.46. The number of para-hydroxylation sites is 2. The molecule has 0 fully saturated rings. The zero-order valence-electron chi connectivity index (χ0n) is 12.3. The first kappa shape index (κ1) is 13.2. The van der Waals surface area contributed by atoms with Gasteiger partial charge in [-0.3, -0.25) is 0 Å². The molecule has 0 aliphatic carbocycles. The standard InChI is InChI=1S/C18H14NO2S/c1-11-12-7-3-5-9-14(12)21-18(20)16(11)17-19(2)13-8-4-6-10-15(13)22-17/h3-10H,1-2H3/q+1. The zero-order chi connectivity index (χ0) is 15.3. The van der Waals surface area contributed by atoms with Crippen LogP contribution in [0, 0.1) is 6.92 Å². The summed E-state index contributed by atoms with van der Waals surface area (Å²) in [6.45, 7) is 1.99. The maximum absolute atomic E-state index is 12.5. The maximum atomic E-state index is 12.5. The summed E-state index contributed by atoms with van der Waals surface area (Å²) in [6.07, 6.45) is 0. The molecule has 0 radical (unpaired) electrons. The minimum absolute atomic E-state index is 0.279. The largest absolute Gasteiger partial charge is 0.422 e. The highest BCUT2D eigenvalue weighted by molar-refractivity contribution is 7.21. The molecule has 0 aliphatic rings. The van der Waals surface area contributed by atoms with Crippen molar-refractivity contribution in [3.63, 3.8) is 0 Å². The van der Waals surface area contributed by atoms with Crippen molar-refractivity contribution < 1.29 is 8.98 Å². The van der Waals surface area contributed by atoms with E-state index in [4.69, 9.17) is 4.42 Å². The molecule has 2 heterocycles. The second-order valence-corrected chi connectivity index (χ2v) is 6.35. The van der Waals surface area contributed by atoms with Crippen molar-refractivity contribution in [2.24, 2.45) is 7.05 Å². The fraction of sp³-hybridized carbons (Fsp3) is 0.111. The molecule has 0 bridgehead atoms. The topological polar surface area (TPSA) is 34.1 Å². The molecule has 4 aromatic rings. The molecule has 0 saturated heterocycles. The molecule has 2 aromatic carbocycles. The van der Waals surface area contributed by atoms with E-state index in [0.717, 1.165) is 26.2 Å². The highest BCUT2D eigenvalue weighted by atomic mass is 32.1. The monoisotopic (exact) mass is 308 g/mol. The molecule has 0 atom stereocenters. The van der Waals surface area contributed by atoms with Crippen LogP contribution in [0.25, 0.3) is 31.8 Å².